The molecule has 0 aliphatic heterocycles. The molecule has 0 bridgehead atoms. The van der Waals surface area contributed by atoms with Crippen LogP contribution in [0, 0.1) is 5.82 Å². The summed E-state index contributed by atoms with van der Waals surface area (Å²) in [5.74, 6) is -0.545. The number of ketones is 1. The molecule has 94 valence electrons. The van der Waals surface area contributed by atoms with Crippen LogP contribution in [0.2, 0.25) is 0 Å². The molecule has 4 nitrogen and oxygen atoms in total. The Bertz CT molecular complexity index is 347. The Morgan fingerprint density at radius 1 is 1.12 bits per heavy atom. The molecule has 1 aromatic rings. The summed E-state index contributed by atoms with van der Waals surface area (Å²) >= 11 is 0. The van der Waals surface area contributed by atoms with E-state index >= 15 is 0 Å². The van der Waals surface area contributed by atoms with E-state index in [0.717, 1.165) is 0 Å². The second kappa shape index (κ2) is 7.11. The molecule has 0 unspecified atom stereocenters. The number of benzene rings is 1. The molecule has 0 heterocycles. The fourth-order valence-electron chi connectivity index (χ4n) is 1.48. The quantitative estimate of drug-likeness (QED) is 0.674. The third-order valence-corrected chi connectivity index (χ3v) is 2.37. The first-order valence-electron chi connectivity index (χ1n) is 5.40. The number of aliphatic hydroxyl groups is 2. The third kappa shape index (κ3) is 4.60. The van der Waals surface area contributed by atoms with Crippen molar-refractivity contribution < 1.29 is 19.4 Å². The van der Waals surface area contributed by atoms with Gasteiger partial charge in [0.05, 0.1) is 19.8 Å². The highest BCUT2D eigenvalue weighted by atomic mass is 19.1. The summed E-state index contributed by atoms with van der Waals surface area (Å²) < 4.78 is 12.7. The van der Waals surface area contributed by atoms with E-state index in [2.05, 4.69) is 0 Å². The number of hydrogen-bond acceptors (Lipinski definition) is 4. The number of rotatable bonds is 7. The monoisotopic (exact) mass is 241 g/mol. The minimum atomic E-state index is -0.385. The highest BCUT2D eigenvalue weighted by Gasteiger charge is 2.11. The van der Waals surface area contributed by atoms with Crippen LogP contribution in [0.5, 0.6) is 0 Å². The summed E-state index contributed by atoms with van der Waals surface area (Å²) in [7, 11) is 0. The molecule has 1 rings (SSSR count). The molecule has 0 atom stereocenters. The van der Waals surface area contributed by atoms with Crippen LogP contribution in [-0.4, -0.2) is 53.7 Å². The van der Waals surface area contributed by atoms with E-state index in [0.29, 0.717) is 18.7 Å². The summed E-state index contributed by atoms with van der Waals surface area (Å²) in [6.07, 6.45) is 0. The number of halogens is 1. The Morgan fingerprint density at radius 3 is 2.12 bits per heavy atom. The zero-order chi connectivity index (χ0) is 12.7. The molecule has 2 N–H and O–H groups in total. The average molecular weight is 241 g/mol. The second-order valence-electron chi connectivity index (χ2n) is 3.65. The van der Waals surface area contributed by atoms with Crippen molar-refractivity contribution in [2.24, 2.45) is 0 Å². The fraction of sp³-hybridized carbons (Fsp3) is 0.417. The zero-order valence-corrected chi connectivity index (χ0v) is 9.47. The van der Waals surface area contributed by atoms with E-state index in [4.69, 9.17) is 10.2 Å². The van der Waals surface area contributed by atoms with E-state index in [1.165, 1.54) is 24.3 Å². The van der Waals surface area contributed by atoms with Gasteiger partial charge >= 0.3 is 0 Å². The molecule has 0 saturated carbocycles. The molecular formula is C12H16FNO3. The fourth-order valence-corrected chi connectivity index (χ4v) is 1.48. The predicted molar refractivity (Wildman–Crippen MR) is 61.3 cm³/mol. The van der Waals surface area contributed by atoms with Gasteiger partial charge in [-0.3, -0.25) is 9.69 Å². The van der Waals surface area contributed by atoms with Gasteiger partial charge in [-0.1, -0.05) is 0 Å². The Balaban J connectivity index is 2.60. The van der Waals surface area contributed by atoms with Crippen LogP contribution in [0.25, 0.3) is 0 Å². The minimum absolute atomic E-state index is 0.0727. The van der Waals surface area contributed by atoms with Crippen LogP contribution in [0.1, 0.15) is 10.4 Å². The second-order valence-corrected chi connectivity index (χ2v) is 3.65. The number of hydrogen-bond donors (Lipinski definition) is 2. The van der Waals surface area contributed by atoms with Crippen LogP contribution in [0.3, 0.4) is 0 Å². The molecule has 0 aliphatic rings. The summed E-state index contributed by atoms with van der Waals surface area (Å²) in [4.78, 5) is 13.4. The van der Waals surface area contributed by atoms with Crippen LogP contribution < -0.4 is 0 Å². The smallest absolute Gasteiger partial charge is 0.176 e. The van der Waals surface area contributed by atoms with E-state index in [9.17, 15) is 9.18 Å². The standard InChI is InChI=1S/C12H16FNO3/c13-11-3-1-10(2-4-11)12(17)9-14(5-7-15)6-8-16/h1-4,15-16H,5-9H2. The molecule has 1 aromatic carbocycles. The van der Waals surface area contributed by atoms with E-state index in [1.807, 2.05) is 0 Å². The highest BCUT2D eigenvalue weighted by molar-refractivity contribution is 5.97. The molecule has 0 saturated heterocycles. The molecule has 0 spiro atoms. The third-order valence-electron chi connectivity index (χ3n) is 2.37. The SMILES string of the molecule is O=C(CN(CCO)CCO)c1ccc(F)cc1. The van der Waals surface area contributed by atoms with Gasteiger partial charge in [0.15, 0.2) is 5.78 Å². The maximum atomic E-state index is 12.7. The van der Waals surface area contributed by atoms with Crippen LogP contribution in [0.4, 0.5) is 4.39 Å². The molecule has 0 radical (unpaired) electrons. The van der Waals surface area contributed by atoms with Gasteiger partial charge in [-0.05, 0) is 24.3 Å². The zero-order valence-electron chi connectivity index (χ0n) is 9.47. The van der Waals surface area contributed by atoms with Gasteiger partial charge in [-0.25, -0.2) is 4.39 Å². The number of nitrogens with zero attached hydrogens (tertiary/aromatic N) is 1. The van der Waals surface area contributed by atoms with Gasteiger partial charge in [0.1, 0.15) is 5.82 Å². The lowest BCUT2D eigenvalue weighted by Gasteiger charge is -2.18. The van der Waals surface area contributed by atoms with Crippen molar-refractivity contribution in [2.45, 2.75) is 0 Å². The van der Waals surface area contributed by atoms with Crippen molar-refractivity contribution in [3.05, 3.63) is 35.6 Å². The first-order chi connectivity index (χ1) is 8.17. The maximum Gasteiger partial charge on any atom is 0.176 e. The maximum absolute atomic E-state index is 12.7. The average Bonchev–Trinajstić information content (AvgIpc) is 2.30. The van der Waals surface area contributed by atoms with E-state index < -0.39 is 0 Å². The molecule has 0 fully saturated rings. The first-order valence-corrected chi connectivity index (χ1v) is 5.40. The number of aliphatic hydroxyl groups excluding tert-OH is 2. The highest BCUT2D eigenvalue weighted by Crippen LogP contribution is 2.04. The number of carbonyl (C=O) groups is 1. The molecule has 0 aromatic heterocycles. The lowest BCUT2D eigenvalue weighted by atomic mass is 10.1. The normalized spacial score (nSPS) is 10.8. The summed E-state index contributed by atoms with van der Waals surface area (Å²) in [5.41, 5.74) is 0.423. The van der Waals surface area contributed by atoms with Gasteiger partial charge in [-0.15, -0.1) is 0 Å². The molecule has 0 aliphatic carbocycles. The van der Waals surface area contributed by atoms with Crippen molar-refractivity contribution in [2.75, 3.05) is 32.8 Å². The summed E-state index contributed by atoms with van der Waals surface area (Å²) in [5, 5.41) is 17.6. The lowest BCUT2D eigenvalue weighted by molar-refractivity contribution is 0.0894. The van der Waals surface area contributed by atoms with Gasteiger partial charge in [0.2, 0.25) is 0 Å². The van der Waals surface area contributed by atoms with Crippen LogP contribution >= 0.6 is 0 Å². The Kier molecular flexibility index (Phi) is 5.76. The first kappa shape index (κ1) is 13.8. The molecule has 5 heteroatoms. The van der Waals surface area contributed by atoms with Crippen LogP contribution in [0.15, 0.2) is 24.3 Å². The predicted octanol–water partition coefficient (Wildman–Crippen LogP) is 0.295. The summed E-state index contributed by atoms with van der Waals surface area (Å²) in [6, 6.07) is 5.31. The van der Waals surface area contributed by atoms with Crippen molar-refractivity contribution in [1.82, 2.24) is 4.90 Å². The van der Waals surface area contributed by atoms with Gasteiger partial charge in [-0.2, -0.15) is 0 Å². The Labute approximate surface area is 99.3 Å². The topological polar surface area (TPSA) is 60.8 Å². The molecular weight excluding hydrogens is 225 g/mol. The summed E-state index contributed by atoms with van der Waals surface area (Å²) in [6.45, 7) is 0.612. The van der Waals surface area contributed by atoms with Crippen molar-refractivity contribution in [3.8, 4) is 0 Å². The van der Waals surface area contributed by atoms with Gasteiger partial charge < -0.3 is 10.2 Å². The minimum Gasteiger partial charge on any atom is -0.395 e. The Morgan fingerprint density at radius 2 is 1.65 bits per heavy atom. The van der Waals surface area contributed by atoms with E-state index in [-0.39, 0.29) is 31.4 Å². The van der Waals surface area contributed by atoms with Crippen molar-refractivity contribution in [1.29, 1.82) is 0 Å². The largest absolute Gasteiger partial charge is 0.395 e. The van der Waals surface area contributed by atoms with Crippen molar-refractivity contribution >= 4 is 5.78 Å². The Hall–Kier alpha value is -1.30. The van der Waals surface area contributed by atoms with Crippen molar-refractivity contribution in [3.63, 3.8) is 0 Å². The van der Waals surface area contributed by atoms with Gasteiger partial charge in [0, 0.05) is 18.7 Å². The lowest BCUT2D eigenvalue weighted by Crippen LogP contribution is -2.34. The van der Waals surface area contributed by atoms with Crippen LogP contribution in [-0.2, 0) is 0 Å². The molecule has 0 amide bonds. The number of Topliss-reactive ketones (excluding diaryl/α,β-unsaturated/α-hetero) is 1. The molecule has 17 heavy (non-hydrogen) atoms. The number of carbonyl (C=O) groups excluding carboxylic acids is 1. The van der Waals surface area contributed by atoms with E-state index in [1.54, 1.807) is 4.90 Å². The van der Waals surface area contributed by atoms with Gasteiger partial charge in [0.25, 0.3) is 0 Å².